The van der Waals surface area contributed by atoms with Gasteiger partial charge in [0.15, 0.2) is 0 Å². The fraction of sp³-hybridized carbons (Fsp3) is 0.190. The Kier molecular flexibility index (Phi) is 5.15. The van der Waals surface area contributed by atoms with E-state index >= 15 is 0 Å². The summed E-state index contributed by atoms with van der Waals surface area (Å²) >= 11 is 7.88. The van der Waals surface area contributed by atoms with Gasteiger partial charge < -0.3 is 5.32 Å². The minimum absolute atomic E-state index is 0.150. The molecule has 1 fully saturated rings. The number of hydrogen-bond acceptors (Lipinski definition) is 4. The quantitative estimate of drug-likeness (QED) is 0.352. The largest absolute Gasteiger partial charge is 0.325 e. The maximum Gasteiger partial charge on any atom is 0.325 e. The molecule has 5 nitrogen and oxygen atoms in total. The minimum Gasteiger partial charge on any atom is -0.319 e. The van der Waals surface area contributed by atoms with Crippen LogP contribution in [-0.4, -0.2) is 28.1 Å². The Labute approximate surface area is 180 Å². The number of thioether (sulfide) groups is 1. The maximum absolute atomic E-state index is 14.3. The van der Waals surface area contributed by atoms with Gasteiger partial charge in [-0.3, -0.25) is 9.69 Å². The summed E-state index contributed by atoms with van der Waals surface area (Å²) in [4.78, 5) is 31.9. The van der Waals surface area contributed by atoms with E-state index in [2.05, 4.69) is 10.3 Å². The number of nitrogens with zero attached hydrogens (tertiary/aromatic N) is 2. The van der Waals surface area contributed by atoms with Gasteiger partial charge in [0.25, 0.3) is 5.91 Å². The standard InChI is InChI=1S/C21H16ClF2N3O2S/c1-21(15-8-13(23)4-6-16(15)24)19(28)27(20(29)26-21)10-12-7-11-3-5-14(30-2)9-17(11)25-18(12)22/h3-9H,10H2,1-2H3,(H,26,29)/t21-/m0/s1. The number of carbonyl (C=O) groups is 2. The first kappa shape index (κ1) is 20.6. The molecule has 0 unspecified atom stereocenters. The topological polar surface area (TPSA) is 62.3 Å². The lowest BCUT2D eigenvalue weighted by atomic mass is 9.91. The molecule has 1 aliphatic rings. The summed E-state index contributed by atoms with van der Waals surface area (Å²) in [6.45, 7) is 1.19. The third kappa shape index (κ3) is 3.40. The summed E-state index contributed by atoms with van der Waals surface area (Å²) in [6.07, 6.45) is 1.95. The van der Waals surface area contributed by atoms with Gasteiger partial charge in [-0.25, -0.2) is 18.6 Å². The predicted molar refractivity (Wildman–Crippen MR) is 111 cm³/mol. The molecule has 9 heteroatoms. The fourth-order valence-electron chi connectivity index (χ4n) is 3.48. The molecule has 1 aromatic heterocycles. The summed E-state index contributed by atoms with van der Waals surface area (Å²) in [7, 11) is 0. The number of imide groups is 1. The molecule has 1 saturated heterocycles. The van der Waals surface area contributed by atoms with Gasteiger partial charge in [-0.2, -0.15) is 0 Å². The molecule has 1 atom stereocenters. The Bertz CT molecular complexity index is 1210. The van der Waals surface area contributed by atoms with Crippen LogP contribution < -0.4 is 5.32 Å². The van der Waals surface area contributed by atoms with E-state index in [1.165, 1.54) is 6.92 Å². The first-order valence-corrected chi connectivity index (χ1v) is 10.6. The van der Waals surface area contributed by atoms with Crippen molar-refractivity contribution in [2.45, 2.75) is 23.9 Å². The SMILES string of the molecule is CSc1ccc2cc(CN3C(=O)N[C@@](C)(c4cc(F)ccc4F)C3=O)c(Cl)nc2c1. The fourth-order valence-corrected chi connectivity index (χ4v) is 4.12. The van der Waals surface area contributed by atoms with E-state index in [-0.39, 0.29) is 17.3 Å². The summed E-state index contributed by atoms with van der Waals surface area (Å²) in [5.74, 6) is -2.20. The van der Waals surface area contributed by atoms with Gasteiger partial charge in [0.05, 0.1) is 12.1 Å². The van der Waals surface area contributed by atoms with Crippen LogP contribution in [0.1, 0.15) is 18.1 Å². The van der Waals surface area contributed by atoms with Crippen LogP contribution in [0.4, 0.5) is 13.6 Å². The second kappa shape index (κ2) is 7.52. The van der Waals surface area contributed by atoms with Gasteiger partial charge in [-0.1, -0.05) is 17.7 Å². The van der Waals surface area contributed by atoms with Crippen LogP contribution in [0.25, 0.3) is 10.9 Å². The molecule has 0 saturated carbocycles. The van der Waals surface area contributed by atoms with Crippen LogP contribution in [0.5, 0.6) is 0 Å². The Morgan fingerprint density at radius 2 is 1.93 bits per heavy atom. The van der Waals surface area contributed by atoms with Crippen LogP contribution in [0.15, 0.2) is 47.4 Å². The summed E-state index contributed by atoms with van der Waals surface area (Å²) in [5, 5.41) is 3.43. The summed E-state index contributed by atoms with van der Waals surface area (Å²) in [6, 6.07) is 9.52. The number of aromatic nitrogens is 1. The normalized spacial score (nSPS) is 18.9. The summed E-state index contributed by atoms with van der Waals surface area (Å²) in [5.41, 5.74) is -0.809. The monoisotopic (exact) mass is 447 g/mol. The number of rotatable bonds is 4. The highest BCUT2D eigenvalue weighted by Gasteiger charge is 2.50. The first-order chi connectivity index (χ1) is 14.2. The Hall–Kier alpha value is -2.71. The van der Waals surface area contributed by atoms with Crippen molar-refractivity contribution in [3.05, 3.63) is 70.4 Å². The van der Waals surface area contributed by atoms with Gasteiger partial charge >= 0.3 is 6.03 Å². The maximum atomic E-state index is 14.3. The molecule has 3 aromatic rings. The molecule has 0 aliphatic carbocycles. The summed E-state index contributed by atoms with van der Waals surface area (Å²) < 4.78 is 28.0. The van der Waals surface area contributed by atoms with Gasteiger partial charge in [0.1, 0.15) is 22.3 Å². The molecule has 0 bridgehead atoms. The molecule has 4 rings (SSSR count). The molecular weight excluding hydrogens is 432 g/mol. The molecule has 0 radical (unpaired) electrons. The van der Waals surface area contributed by atoms with E-state index in [0.717, 1.165) is 33.4 Å². The highest BCUT2D eigenvalue weighted by atomic mass is 35.5. The van der Waals surface area contributed by atoms with Crippen molar-refractivity contribution in [2.75, 3.05) is 6.26 Å². The molecule has 30 heavy (non-hydrogen) atoms. The number of hydrogen-bond donors (Lipinski definition) is 1. The second-order valence-electron chi connectivity index (χ2n) is 7.07. The van der Waals surface area contributed by atoms with E-state index in [1.807, 2.05) is 24.5 Å². The van der Waals surface area contributed by atoms with Crippen molar-refractivity contribution in [3.8, 4) is 0 Å². The number of benzene rings is 2. The number of pyridine rings is 1. The number of amides is 3. The van der Waals surface area contributed by atoms with E-state index in [4.69, 9.17) is 11.6 Å². The van der Waals surface area contributed by atoms with E-state index in [0.29, 0.717) is 11.1 Å². The number of nitrogens with one attached hydrogen (secondary N) is 1. The molecule has 0 spiro atoms. The van der Waals surface area contributed by atoms with Gasteiger partial charge in [-0.05, 0) is 49.6 Å². The molecule has 154 valence electrons. The zero-order chi connectivity index (χ0) is 21.6. The van der Waals surface area contributed by atoms with Gasteiger partial charge in [0, 0.05) is 21.4 Å². The molecule has 2 aromatic carbocycles. The average Bonchev–Trinajstić information content (AvgIpc) is 2.93. The lowest BCUT2D eigenvalue weighted by Gasteiger charge is -2.23. The van der Waals surface area contributed by atoms with Gasteiger partial charge in [-0.15, -0.1) is 11.8 Å². The van der Waals surface area contributed by atoms with Crippen molar-refractivity contribution in [3.63, 3.8) is 0 Å². The smallest absolute Gasteiger partial charge is 0.319 e. The highest BCUT2D eigenvalue weighted by Crippen LogP contribution is 2.33. The Morgan fingerprint density at radius 3 is 2.67 bits per heavy atom. The molecule has 3 amide bonds. The van der Waals surface area contributed by atoms with Crippen LogP contribution >= 0.6 is 23.4 Å². The number of carbonyl (C=O) groups excluding carboxylic acids is 2. The van der Waals surface area contributed by atoms with Crippen LogP contribution in [-0.2, 0) is 16.9 Å². The van der Waals surface area contributed by atoms with E-state index in [9.17, 15) is 18.4 Å². The number of fused-ring (bicyclic) bond motifs is 1. The minimum atomic E-state index is -1.73. The van der Waals surface area contributed by atoms with Crippen LogP contribution in [0.3, 0.4) is 0 Å². The molecular formula is C21H16ClF2N3O2S. The van der Waals surface area contributed by atoms with Crippen LogP contribution in [0.2, 0.25) is 5.15 Å². The van der Waals surface area contributed by atoms with Gasteiger partial charge in [0.2, 0.25) is 0 Å². The van der Waals surface area contributed by atoms with Crippen molar-refractivity contribution in [1.29, 1.82) is 0 Å². The molecule has 2 heterocycles. The Balaban J connectivity index is 1.68. The first-order valence-electron chi connectivity index (χ1n) is 8.96. The molecule has 1 N–H and O–H groups in total. The van der Waals surface area contributed by atoms with Crippen molar-refractivity contribution < 1.29 is 18.4 Å². The van der Waals surface area contributed by atoms with Crippen molar-refractivity contribution >= 4 is 46.2 Å². The third-order valence-corrected chi connectivity index (χ3v) is 6.17. The molecule has 1 aliphatic heterocycles. The van der Waals surface area contributed by atoms with Crippen molar-refractivity contribution in [1.82, 2.24) is 15.2 Å². The number of halogens is 3. The zero-order valence-corrected chi connectivity index (χ0v) is 17.6. The highest BCUT2D eigenvalue weighted by molar-refractivity contribution is 7.98. The lowest BCUT2D eigenvalue weighted by Crippen LogP contribution is -2.41. The lowest BCUT2D eigenvalue weighted by molar-refractivity contribution is -0.131. The Morgan fingerprint density at radius 1 is 1.17 bits per heavy atom. The second-order valence-corrected chi connectivity index (χ2v) is 8.31. The van der Waals surface area contributed by atoms with E-state index in [1.54, 1.807) is 17.8 Å². The van der Waals surface area contributed by atoms with E-state index < -0.39 is 29.1 Å². The zero-order valence-electron chi connectivity index (χ0n) is 16.0. The van der Waals surface area contributed by atoms with Crippen molar-refractivity contribution in [2.24, 2.45) is 0 Å². The average molecular weight is 448 g/mol. The number of urea groups is 1. The predicted octanol–water partition coefficient (Wildman–Crippen LogP) is 4.86. The van der Waals surface area contributed by atoms with Crippen LogP contribution in [0, 0.1) is 11.6 Å². The third-order valence-electron chi connectivity index (χ3n) is 5.12.